The van der Waals surface area contributed by atoms with E-state index in [0.29, 0.717) is 18.6 Å². The van der Waals surface area contributed by atoms with Gasteiger partial charge in [-0.25, -0.2) is 0 Å². The molecule has 170 valence electrons. The third kappa shape index (κ3) is 14.2. The van der Waals surface area contributed by atoms with Crippen LogP contribution in [0.15, 0.2) is 24.3 Å². The molecule has 0 aliphatic heterocycles. The number of hydrogen-bond acceptors (Lipinski definition) is 3. The van der Waals surface area contributed by atoms with Gasteiger partial charge in [0.25, 0.3) is 0 Å². The predicted octanol–water partition coefficient (Wildman–Crippen LogP) is 7.81. The third-order valence-electron chi connectivity index (χ3n) is 5.36. The van der Waals surface area contributed by atoms with Crippen molar-refractivity contribution in [3.05, 3.63) is 24.3 Å². The summed E-state index contributed by atoms with van der Waals surface area (Å²) >= 11 is 0. The second-order valence-corrected chi connectivity index (χ2v) is 8.29. The van der Waals surface area contributed by atoms with Gasteiger partial charge in [0.15, 0.2) is 0 Å². The quantitative estimate of drug-likeness (QED) is 0.150. The molecule has 0 aliphatic carbocycles. The minimum absolute atomic E-state index is 0.0484. The maximum absolute atomic E-state index is 12.0. The maximum Gasteiger partial charge on any atom is 0.311 e. The van der Waals surface area contributed by atoms with Crippen LogP contribution in [-0.2, 0) is 9.59 Å². The summed E-state index contributed by atoms with van der Waals surface area (Å²) in [5.74, 6) is 0.402. The number of nitrogens with one attached hydrogen (secondary N) is 1. The van der Waals surface area contributed by atoms with E-state index in [2.05, 4.69) is 19.2 Å². The number of benzene rings is 1. The van der Waals surface area contributed by atoms with Gasteiger partial charge >= 0.3 is 5.97 Å². The van der Waals surface area contributed by atoms with Crippen molar-refractivity contribution < 1.29 is 14.3 Å². The second-order valence-electron chi connectivity index (χ2n) is 8.29. The molecule has 0 aromatic heterocycles. The molecule has 0 unspecified atom stereocenters. The Balaban J connectivity index is 2.14. The number of carbonyl (C=O) groups is 2. The van der Waals surface area contributed by atoms with E-state index in [1.807, 2.05) is 0 Å². The first-order chi connectivity index (χ1) is 14.7. The summed E-state index contributed by atoms with van der Waals surface area (Å²) in [6, 6.07) is 7.07. The van der Waals surface area contributed by atoms with Crippen molar-refractivity contribution in [2.24, 2.45) is 0 Å². The first-order valence-electron chi connectivity index (χ1n) is 12.3. The molecule has 1 amide bonds. The zero-order chi connectivity index (χ0) is 21.9. The summed E-state index contributed by atoms with van der Waals surface area (Å²) in [6.07, 6.45) is 17.7. The maximum atomic E-state index is 12.0. The Bertz CT molecular complexity index is 517. The van der Waals surface area contributed by atoms with Crippen LogP contribution in [0.4, 0.5) is 5.69 Å². The number of amides is 1. The van der Waals surface area contributed by atoms with Gasteiger partial charge in [-0.1, -0.05) is 90.9 Å². The number of esters is 1. The number of carbonyl (C=O) groups excluding carboxylic acids is 2. The molecule has 1 N–H and O–H groups in total. The average molecular weight is 418 g/mol. The number of anilines is 1. The van der Waals surface area contributed by atoms with Crippen LogP contribution >= 0.6 is 0 Å². The lowest BCUT2D eigenvalue weighted by atomic mass is 10.1. The molecule has 0 fully saturated rings. The first-order valence-corrected chi connectivity index (χ1v) is 12.3. The van der Waals surface area contributed by atoms with Crippen LogP contribution in [0.5, 0.6) is 5.75 Å². The highest BCUT2D eigenvalue weighted by Gasteiger charge is 2.06. The monoisotopic (exact) mass is 417 g/mol. The van der Waals surface area contributed by atoms with Gasteiger partial charge in [0.05, 0.1) is 0 Å². The summed E-state index contributed by atoms with van der Waals surface area (Å²) in [4.78, 5) is 24.0. The molecule has 0 aliphatic rings. The summed E-state index contributed by atoms with van der Waals surface area (Å²) in [7, 11) is 0. The van der Waals surface area contributed by atoms with Crippen molar-refractivity contribution in [1.82, 2.24) is 0 Å². The zero-order valence-corrected chi connectivity index (χ0v) is 19.3. The van der Waals surface area contributed by atoms with Gasteiger partial charge in [-0.3, -0.25) is 9.59 Å². The second kappa shape index (κ2) is 18.0. The lowest BCUT2D eigenvalue weighted by Crippen LogP contribution is -2.11. The molecular formula is C26H43NO3. The zero-order valence-electron chi connectivity index (χ0n) is 19.3. The highest BCUT2D eigenvalue weighted by Crippen LogP contribution is 2.18. The van der Waals surface area contributed by atoms with Gasteiger partial charge in [0.2, 0.25) is 5.91 Å². The lowest BCUT2D eigenvalue weighted by molar-refractivity contribution is -0.134. The highest BCUT2D eigenvalue weighted by molar-refractivity contribution is 5.90. The number of ether oxygens (including phenoxy) is 1. The molecule has 0 radical (unpaired) electrons. The fourth-order valence-electron chi connectivity index (χ4n) is 3.48. The van der Waals surface area contributed by atoms with E-state index in [-0.39, 0.29) is 11.9 Å². The number of hydrogen-bond donors (Lipinski definition) is 1. The fraction of sp³-hybridized carbons (Fsp3) is 0.692. The Morgan fingerprint density at radius 1 is 0.667 bits per heavy atom. The number of unbranched alkanes of at least 4 members (excludes halogenated alkanes) is 12. The molecule has 1 aromatic carbocycles. The molecular weight excluding hydrogens is 374 g/mol. The summed E-state index contributed by atoms with van der Waals surface area (Å²) in [6.45, 7) is 4.44. The van der Waals surface area contributed by atoms with Gasteiger partial charge < -0.3 is 10.1 Å². The Morgan fingerprint density at radius 3 is 1.67 bits per heavy atom. The molecule has 4 heteroatoms. The molecule has 0 atom stereocenters. The van der Waals surface area contributed by atoms with Crippen molar-refractivity contribution in [2.45, 2.75) is 117 Å². The Hall–Kier alpha value is -1.84. The highest BCUT2D eigenvalue weighted by atomic mass is 16.5. The van der Waals surface area contributed by atoms with E-state index in [9.17, 15) is 9.59 Å². The van der Waals surface area contributed by atoms with E-state index < -0.39 is 0 Å². The van der Waals surface area contributed by atoms with Gasteiger partial charge in [0, 0.05) is 18.5 Å². The third-order valence-corrected chi connectivity index (χ3v) is 5.36. The van der Waals surface area contributed by atoms with E-state index >= 15 is 0 Å². The molecule has 0 saturated carbocycles. The largest absolute Gasteiger partial charge is 0.427 e. The van der Waals surface area contributed by atoms with Gasteiger partial charge in [-0.15, -0.1) is 0 Å². The minimum atomic E-state index is -0.181. The molecule has 1 aromatic rings. The van der Waals surface area contributed by atoms with Crippen LogP contribution in [0.2, 0.25) is 0 Å². The molecule has 0 saturated heterocycles. The van der Waals surface area contributed by atoms with E-state index in [4.69, 9.17) is 4.74 Å². The SMILES string of the molecule is CCCCCCCCCC(=O)Nc1ccc(OC(=O)CCCCCCCCC)cc1. The van der Waals surface area contributed by atoms with Gasteiger partial charge in [-0.2, -0.15) is 0 Å². The van der Waals surface area contributed by atoms with Gasteiger partial charge in [0.1, 0.15) is 5.75 Å². The van der Waals surface area contributed by atoms with Crippen LogP contribution in [0, 0.1) is 0 Å². The molecule has 0 heterocycles. The molecule has 1 rings (SSSR count). The lowest BCUT2D eigenvalue weighted by Gasteiger charge is -2.08. The minimum Gasteiger partial charge on any atom is -0.427 e. The summed E-state index contributed by atoms with van der Waals surface area (Å²) < 4.78 is 5.39. The Kier molecular flexibility index (Phi) is 15.7. The predicted molar refractivity (Wildman–Crippen MR) is 126 cm³/mol. The first kappa shape index (κ1) is 26.2. The Labute approximate surface area is 184 Å². The Morgan fingerprint density at radius 2 is 1.13 bits per heavy atom. The van der Waals surface area contributed by atoms with Crippen molar-refractivity contribution in [3.63, 3.8) is 0 Å². The van der Waals surface area contributed by atoms with E-state index in [0.717, 1.165) is 31.4 Å². The smallest absolute Gasteiger partial charge is 0.311 e. The van der Waals surface area contributed by atoms with Gasteiger partial charge in [-0.05, 0) is 37.1 Å². The van der Waals surface area contributed by atoms with Crippen LogP contribution < -0.4 is 10.1 Å². The van der Waals surface area contributed by atoms with Crippen LogP contribution in [0.1, 0.15) is 117 Å². The normalized spacial score (nSPS) is 10.7. The van der Waals surface area contributed by atoms with Crippen LogP contribution in [0.3, 0.4) is 0 Å². The topological polar surface area (TPSA) is 55.4 Å². The van der Waals surface area contributed by atoms with E-state index in [1.165, 1.54) is 64.2 Å². The summed E-state index contributed by atoms with van der Waals surface area (Å²) in [5, 5.41) is 2.92. The molecule has 0 bridgehead atoms. The van der Waals surface area contributed by atoms with Crippen molar-refractivity contribution in [2.75, 3.05) is 5.32 Å². The average Bonchev–Trinajstić information content (AvgIpc) is 2.74. The van der Waals surface area contributed by atoms with E-state index in [1.54, 1.807) is 24.3 Å². The molecule has 30 heavy (non-hydrogen) atoms. The van der Waals surface area contributed by atoms with Crippen molar-refractivity contribution in [3.8, 4) is 5.75 Å². The molecule has 4 nitrogen and oxygen atoms in total. The van der Waals surface area contributed by atoms with Crippen LogP contribution in [-0.4, -0.2) is 11.9 Å². The van der Waals surface area contributed by atoms with Crippen LogP contribution in [0.25, 0.3) is 0 Å². The standard InChI is InChI=1S/C26H43NO3/c1-3-5-7-9-11-13-15-17-25(28)27-23-19-21-24(22-20-23)30-26(29)18-16-14-12-10-8-6-4-2/h19-22H,3-18H2,1-2H3,(H,27,28). The fourth-order valence-corrected chi connectivity index (χ4v) is 3.48. The summed E-state index contributed by atoms with van der Waals surface area (Å²) in [5.41, 5.74) is 0.745. The number of rotatable bonds is 18. The molecule has 0 spiro atoms. The van der Waals surface area contributed by atoms with Crippen molar-refractivity contribution in [1.29, 1.82) is 0 Å². The van der Waals surface area contributed by atoms with Crippen molar-refractivity contribution >= 4 is 17.6 Å².